The van der Waals surface area contributed by atoms with E-state index in [1.165, 1.54) is 0 Å². The zero-order valence-electron chi connectivity index (χ0n) is 8.21. The van der Waals surface area contributed by atoms with Crippen LogP contribution in [-0.2, 0) is 9.53 Å². The van der Waals surface area contributed by atoms with Crippen molar-refractivity contribution in [1.29, 1.82) is 0 Å². The van der Waals surface area contributed by atoms with Crippen molar-refractivity contribution < 1.29 is 9.53 Å². The van der Waals surface area contributed by atoms with Gasteiger partial charge in [-0.15, -0.1) is 0 Å². The van der Waals surface area contributed by atoms with Gasteiger partial charge in [0, 0.05) is 12.9 Å². The van der Waals surface area contributed by atoms with Crippen molar-refractivity contribution in [2.24, 2.45) is 5.73 Å². The number of nitrogens with two attached hydrogens (primary N) is 1. The Morgan fingerprint density at radius 1 is 1.62 bits per heavy atom. The maximum atomic E-state index is 10.8. The normalized spacial score (nSPS) is 12.8. The molecule has 0 aliphatic carbocycles. The Hall–Kier alpha value is -0.260. The first kappa shape index (κ1) is 12.7. The number of hydrogen-bond acceptors (Lipinski definition) is 4. The molecule has 0 fully saturated rings. The van der Waals surface area contributed by atoms with Gasteiger partial charge in [0.1, 0.15) is 0 Å². The van der Waals surface area contributed by atoms with Crippen LogP contribution in [0.5, 0.6) is 0 Å². The van der Waals surface area contributed by atoms with E-state index in [1.54, 1.807) is 25.9 Å². The molecule has 13 heavy (non-hydrogen) atoms. The van der Waals surface area contributed by atoms with Gasteiger partial charge in [-0.1, -0.05) is 0 Å². The van der Waals surface area contributed by atoms with E-state index in [4.69, 9.17) is 10.5 Å². The third-order valence-electron chi connectivity index (χ3n) is 1.67. The lowest BCUT2D eigenvalue weighted by molar-refractivity contribution is -0.119. The van der Waals surface area contributed by atoms with Crippen molar-refractivity contribution in [2.45, 2.75) is 12.5 Å². The summed E-state index contributed by atoms with van der Waals surface area (Å²) in [7, 11) is 3.43. The van der Waals surface area contributed by atoms with Gasteiger partial charge in [0.25, 0.3) is 0 Å². The lowest BCUT2D eigenvalue weighted by atomic mass is 10.2. The van der Waals surface area contributed by atoms with Crippen molar-refractivity contribution in [1.82, 2.24) is 5.32 Å². The Labute approximate surface area is 83.6 Å². The number of carbonyl (C=O) groups is 1. The van der Waals surface area contributed by atoms with E-state index in [-0.39, 0.29) is 11.9 Å². The van der Waals surface area contributed by atoms with Gasteiger partial charge in [0.15, 0.2) is 0 Å². The summed E-state index contributed by atoms with van der Waals surface area (Å²) < 4.78 is 4.89. The summed E-state index contributed by atoms with van der Waals surface area (Å²) in [6.07, 6.45) is 0.778. The van der Waals surface area contributed by atoms with E-state index in [2.05, 4.69) is 5.32 Å². The van der Waals surface area contributed by atoms with E-state index in [0.717, 1.165) is 24.5 Å². The summed E-state index contributed by atoms with van der Waals surface area (Å²) in [6, 6.07) is -0.199. The number of primary amides is 1. The first-order valence-electron chi connectivity index (χ1n) is 4.25. The number of rotatable bonds is 8. The van der Waals surface area contributed by atoms with Crippen LogP contribution in [0.15, 0.2) is 0 Å². The molecule has 0 spiro atoms. The largest absolute Gasteiger partial charge is 0.384 e. The molecule has 0 heterocycles. The first-order chi connectivity index (χ1) is 6.22. The number of likely N-dealkylation sites (N-methyl/N-ethyl adjacent to an activating group) is 1. The summed E-state index contributed by atoms with van der Waals surface area (Å²) in [5.41, 5.74) is 5.15. The van der Waals surface area contributed by atoms with Crippen molar-refractivity contribution in [3.8, 4) is 0 Å². The molecule has 0 saturated carbocycles. The molecule has 0 saturated heterocycles. The van der Waals surface area contributed by atoms with Crippen LogP contribution in [0.4, 0.5) is 0 Å². The Balaban J connectivity index is 3.33. The van der Waals surface area contributed by atoms with Crippen LogP contribution in [0, 0.1) is 0 Å². The molecule has 0 bridgehead atoms. The number of nitrogens with one attached hydrogen (secondary N) is 1. The standard InChI is InChI=1S/C8H18N2O2S/c1-10-7(8(9)11)3-5-13-6-4-12-2/h7,10H,3-6H2,1-2H3,(H2,9,11). The highest BCUT2D eigenvalue weighted by Crippen LogP contribution is 2.04. The van der Waals surface area contributed by atoms with Crippen molar-refractivity contribution in [3.63, 3.8) is 0 Å². The minimum atomic E-state index is -0.283. The summed E-state index contributed by atoms with van der Waals surface area (Å²) in [6.45, 7) is 0.755. The van der Waals surface area contributed by atoms with Crippen LogP contribution in [0.3, 0.4) is 0 Å². The maximum absolute atomic E-state index is 10.8. The van der Waals surface area contributed by atoms with Gasteiger partial charge in [0.2, 0.25) is 5.91 Å². The number of thioether (sulfide) groups is 1. The van der Waals surface area contributed by atoms with Gasteiger partial charge in [-0.25, -0.2) is 0 Å². The van der Waals surface area contributed by atoms with Crippen molar-refractivity contribution >= 4 is 17.7 Å². The monoisotopic (exact) mass is 206 g/mol. The van der Waals surface area contributed by atoms with Gasteiger partial charge in [-0.05, 0) is 19.2 Å². The van der Waals surface area contributed by atoms with E-state index < -0.39 is 0 Å². The Morgan fingerprint density at radius 3 is 2.77 bits per heavy atom. The zero-order valence-corrected chi connectivity index (χ0v) is 9.02. The van der Waals surface area contributed by atoms with Gasteiger partial charge in [-0.3, -0.25) is 4.79 Å². The average Bonchev–Trinajstić information content (AvgIpc) is 2.10. The van der Waals surface area contributed by atoms with E-state index in [9.17, 15) is 4.79 Å². The minimum absolute atomic E-state index is 0.199. The second-order valence-corrected chi connectivity index (χ2v) is 3.86. The number of hydrogen-bond donors (Lipinski definition) is 2. The van der Waals surface area contributed by atoms with Crippen molar-refractivity contribution in [2.75, 3.05) is 32.3 Å². The quantitative estimate of drug-likeness (QED) is 0.541. The summed E-state index contributed by atoms with van der Waals surface area (Å²) in [4.78, 5) is 10.8. The molecule has 0 aromatic heterocycles. The zero-order chi connectivity index (χ0) is 10.1. The van der Waals surface area contributed by atoms with Crippen LogP contribution < -0.4 is 11.1 Å². The van der Waals surface area contributed by atoms with Crippen LogP contribution in [-0.4, -0.2) is 44.2 Å². The number of ether oxygens (including phenoxy) is 1. The average molecular weight is 206 g/mol. The Bertz CT molecular complexity index is 144. The molecule has 3 N–H and O–H groups in total. The predicted octanol–water partition coefficient (Wildman–Crippen LogP) is -0.171. The second-order valence-electron chi connectivity index (χ2n) is 2.64. The van der Waals surface area contributed by atoms with E-state index in [1.807, 2.05) is 0 Å². The molecule has 0 aliphatic rings. The predicted molar refractivity (Wildman–Crippen MR) is 55.9 cm³/mol. The van der Waals surface area contributed by atoms with E-state index in [0.29, 0.717) is 0 Å². The fourth-order valence-corrected chi connectivity index (χ4v) is 1.77. The molecule has 1 unspecified atom stereocenters. The Morgan fingerprint density at radius 2 is 2.31 bits per heavy atom. The van der Waals surface area contributed by atoms with E-state index >= 15 is 0 Å². The summed E-state index contributed by atoms with van der Waals surface area (Å²) >= 11 is 1.77. The highest BCUT2D eigenvalue weighted by molar-refractivity contribution is 7.99. The molecule has 0 aromatic rings. The fourth-order valence-electron chi connectivity index (χ4n) is 0.874. The van der Waals surface area contributed by atoms with Crippen LogP contribution in [0.25, 0.3) is 0 Å². The Kier molecular flexibility index (Phi) is 8.18. The highest BCUT2D eigenvalue weighted by Gasteiger charge is 2.11. The minimum Gasteiger partial charge on any atom is -0.384 e. The lowest BCUT2D eigenvalue weighted by Gasteiger charge is -2.10. The van der Waals surface area contributed by atoms with Crippen molar-refractivity contribution in [3.05, 3.63) is 0 Å². The van der Waals surface area contributed by atoms with Crippen LogP contribution >= 0.6 is 11.8 Å². The maximum Gasteiger partial charge on any atom is 0.234 e. The smallest absolute Gasteiger partial charge is 0.234 e. The van der Waals surface area contributed by atoms with Gasteiger partial charge in [-0.2, -0.15) is 11.8 Å². The molecular weight excluding hydrogens is 188 g/mol. The third kappa shape index (κ3) is 6.86. The molecule has 4 nitrogen and oxygen atoms in total. The number of methoxy groups -OCH3 is 1. The summed E-state index contributed by atoms with van der Waals surface area (Å²) in [5.74, 6) is 1.61. The molecule has 78 valence electrons. The molecule has 5 heteroatoms. The molecular formula is C8H18N2O2S. The van der Waals surface area contributed by atoms with Gasteiger partial charge >= 0.3 is 0 Å². The molecule has 1 amide bonds. The van der Waals surface area contributed by atoms with Gasteiger partial charge < -0.3 is 15.8 Å². The lowest BCUT2D eigenvalue weighted by Crippen LogP contribution is -2.39. The van der Waals surface area contributed by atoms with Crippen LogP contribution in [0.1, 0.15) is 6.42 Å². The topological polar surface area (TPSA) is 64.3 Å². The highest BCUT2D eigenvalue weighted by atomic mass is 32.2. The summed E-state index contributed by atoms with van der Waals surface area (Å²) in [5, 5.41) is 2.87. The number of amides is 1. The molecule has 1 atom stereocenters. The molecule has 0 radical (unpaired) electrons. The molecule has 0 aromatic carbocycles. The third-order valence-corrected chi connectivity index (χ3v) is 2.65. The molecule has 0 rings (SSSR count). The SMILES string of the molecule is CNC(CCSCCOC)C(N)=O. The van der Waals surface area contributed by atoms with Crippen LogP contribution in [0.2, 0.25) is 0 Å². The van der Waals surface area contributed by atoms with Gasteiger partial charge in [0.05, 0.1) is 12.6 Å². The fraction of sp³-hybridized carbons (Fsp3) is 0.875. The first-order valence-corrected chi connectivity index (χ1v) is 5.41. The molecule has 0 aliphatic heterocycles. The number of carbonyl (C=O) groups excluding carboxylic acids is 1. The second kappa shape index (κ2) is 8.34.